The standard InChI is InChI=1S/C36H34N3O2.Pt/c1-35(2,3)23-18-19-30-27(20-23)25-12-7-9-14-29(25)39(30)32-16-11-17-33(38-32)41-34-22-24(36(4,5)6)21-28(37-34)26-13-8-10-15-31(26)40;/h7-13,15-22,40H,1-6H3;/q-1;. The number of fused-ring (bicyclic) bond motifs is 3. The van der Waals surface area contributed by atoms with Gasteiger partial charge in [0.2, 0.25) is 11.8 Å². The molecule has 1 N–H and O–H groups in total. The van der Waals surface area contributed by atoms with Crippen LogP contribution in [0.2, 0.25) is 0 Å². The molecular weight excluding hydrogens is 701 g/mol. The van der Waals surface area contributed by atoms with Gasteiger partial charge < -0.3 is 14.4 Å². The van der Waals surface area contributed by atoms with E-state index in [-0.39, 0.29) is 37.6 Å². The minimum atomic E-state index is -0.153. The molecule has 0 bridgehead atoms. The molecule has 6 aromatic rings. The monoisotopic (exact) mass is 735 g/mol. The smallest absolute Gasteiger partial charge is 0.223 e. The number of benzene rings is 3. The molecule has 5 nitrogen and oxygen atoms in total. The molecule has 0 aliphatic carbocycles. The first kappa shape index (κ1) is 29.5. The van der Waals surface area contributed by atoms with Gasteiger partial charge in [-0.25, -0.2) is 4.98 Å². The maximum Gasteiger partial charge on any atom is 0.223 e. The Labute approximate surface area is 261 Å². The molecule has 0 amide bonds. The Bertz CT molecular complexity index is 1910. The van der Waals surface area contributed by atoms with Gasteiger partial charge in [-0.3, -0.25) is 0 Å². The molecule has 6 heteroatoms. The van der Waals surface area contributed by atoms with Crippen LogP contribution >= 0.6 is 0 Å². The Hall–Kier alpha value is -3.95. The Morgan fingerprint density at radius 1 is 0.714 bits per heavy atom. The fraction of sp³-hybridized carbons (Fsp3) is 0.222. The largest absolute Gasteiger partial charge is 0.507 e. The maximum atomic E-state index is 10.5. The van der Waals surface area contributed by atoms with Crippen molar-refractivity contribution in [1.82, 2.24) is 14.5 Å². The van der Waals surface area contributed by atoms with E-state index in [2.05, 4.69) is 76.4 Å². The molecule has 0 aliphatic rings. The molecule has 42 heavy (non-hydrogen) atoms. The summed E-state index contributed by atoms with van der Waals surface area (Å²) in [6, 6.07) is 33.1. The third-order valence-corrected chi connectivity index (χ3v) is 7.45. The van der Waals surface area contributed by atoms with Crippen molar-refractivity contribution in [3.8, 4) is 34.6 Å². The number of nitrogens with zero attached hydrogens (tertiary/aromatic N) is 3. The van der Waals surface area contributed by atoms with Gasteiger partial charge in [0.1, 0.15) is 11.6 Å². The first-order chi connectivity index (χ1) is 19.5. The number of ether oxygens (including phenoxy) is 1. The molecule has 0 saturated heterocycles. The van der Waals surface area contributed by atoms with E-state index in [1.807, 2.05) is 54.6 Å². The SMILES string of the molecule is CC(C)(C)c1cc(Oc2cccc(-n3c4[c-]cccc4c4cc(C(C)(C)C)ccc43)n2)nc(-c2ccccc2O)c1.[Pt]. The van der Waals surface area contributed by atoms with Gasteiger partial charge in [0.25, 0.3) is 0 Å². The van der Waals surface area contributed by atoms with Crippen molar-refractivity contribution < 1.29 is 30.9 Å². The van der Waals surface area contributed by atoms with Crippen molar-refractivity contribution in [3.05, 3.63) is 108 Å². The van der Waals surface area contributed by atoms with Crippen LogP contribution in [0.5, 0.6) is 17.5 Å². The Balaban J connectivity index is 0.00000353. The number of hydrogen-bond donors (Lipinski definition) is 1. The zero-order valence-corrected chi connectivity index (χ0v) is 26.9. The summed E-state index contributed by atoms with van der Waals surface area (Å²) < 4.78 is 8.45. The molecule has 3 aromatic heterocycles. The normalized spacial score (nSPS) is 12.0. The molecule has 0 unspecified atom stereocenters. The molecule has 3 heterocycles. The van der Waals surface area contributed by atoms with Crippen LogP contribution in [0.1, 0.15) is 52.7 Å². The summed E-state index contributed by atoms with van der Waals surface area (Å²) in [5, 5.41) is 12.8. The zero-order valence-electron chi connectivity index (χ0n) is 24.7. The number of aromatic hydroxyl groups is 1. The van der Waals surface area contributed by atoms with E-state index in [0.717, 1.165) is 27.8 Å². The topological polar surface area (TPSA) is 60.2 Å². The molecular formula is C36H34N3O2Pt-. The Morgan fingerprint density at radius 3 is 2.21 bits per heavy atom. The van der Waals surface area contributed by atoms with Crippen LogP contribution in [0.15, 0.2) is 91.0 Å². The predicted octanol–water partition coefficient (Wildman–Crippen LogP) is 9.13. The van der Waals surface area contributed by atoms with Crippen LogP contribution in [0.25, 0.3) is 38.9 Å². The molecule has 6 rings (SSSR count). The third kappa shape index (κ3) is 5.58. The Kier molecular flexibility index (Phi) is 7.76. The summed E-state index contributed by atoms with van der Waals surface area (Å²) in [5.74, 6) is 1.76. The van der Waals surface area contributed by atoms with E-state index in [1.54, 1.807) is 12.1 Å². The Morgan fingerprint density at radius 2 is 1.48 bits per heavy atom. The summed E-state index contributed by atoms with van der Waals surface area (Å²) in [6.07, 6.45) is 0. The van der Waals surface area contributed by atoms with Crippen LogP contribution < -0.4 is 4.74 Å². The summed E-state index contributed by atoms with van der Waals surface area (Å²) >= 11 is 0. The van der Waals surface area contributed by atoms with E-state index in [0.29, 0.717) is 23.0 Å². The first-order valence-electron chi connectivity index (χ1n) is 13.9. The van der Waals surface area contributed by atoms with Crippen molar-refractivity contribution in [2.24, 2.45) is 0 Å². The number of hydrogen-bond acceptors (Lipinski definition) is 4. The maximum absolute atomic E-state index is 10.5. The number of phenols is 1. The fourth-order valence-corrected chi connectivity index (χ4v) is 5.11. The third-order valence-electron chi connectivity index (χ3n) is 7.45. The van der Waals surface area contributed by atoms with Crippen molar-refractivity contribution in [1.29, 1.82) is 0 Å². The number of para-hydroxylation sites is 2. The van der Waals surface area contributed by atoms with Crippen LogP contribution in [-0.2, 0) is 31.9 Å². The van der Waals surface area contributed by atoms with E-state index in [4.69, 9.17) is 14.7 Å². The summed E-state index contributed by atoms with van der Waals surface area (Å²) in [6.45, 7) is 13.1. The van der Waals surface area contributed by atoms with Crippen molar-refractivity contribution in [2.75, 3.05) is 0 Å². The summed E-state index contributed by atoms with van der Waals surface area (Å²) in [7, 11) is 0. The number of pyridine rings is 2. The molecule has 3 aromatic carbocycles. The van der Waals surface area contributed by atoms with E-state index in [9.17, 15) is 5.11 Å². The minimum absolute atomic E-state index is 0. The number of aromatic nitrogens is 3. The van der Waals surface area contributed by atoms with Crippen LogP contribution in [-0.4, -0.2) is 19.6 Å². The van der Waals surface area contributed by atoms with Crippen LogP contribution in [0.4, 0.5) is 0 Å². The average Bonchev–Trinajstić information content (AvgIpc) is 3.26. The van der Waals surface area contributed by atoms with Crippen molar-refractivity contribution >= 4 is 21.8 Å². The molecule has 0 spiro atoms. The van der Waals surface area contributed by atoms with Crippen molar-refractivity contribution in [2.45, 2.75) is 52.4 Å². The van der Waals surface area contributed by atoms with Gasteiger partial charge in [-0.05, 0) is 57.7 Å². The molecule has 0 fully saturated rings. The van der Waals surface area contributed by atoms with Gasteiger partial charge in [-0.1, -0.05) is 77.4 Å². The number of rotatable bonds is 4. The first-order valence-corrected chi connectivity index (χ1v) is 13.9. The summed E-state index contributed by atoms with van der Waals surface area (Å²) in [4.78, 5) is 9.69. The predicted molar refractivity (Wildman–Crippen MR) is 166 cm³/mol. The molecule has 0 atom stereocenters. The summed E-state index contributed by atoms with van der Waals surface area (Å²) in [5.41, 5.74) is 5.54. The molecule has 216 valence electrons. The van der Waals surface area contributed by atoms with Gasteiger partial charge in [-0.2, -0.15) is 29.2 Å². The van der Waals surface area contributed by atoms with E-state index >= 15 is 0 Å². The van der Waals surface area contributed by atoms with E-state index in [1.165, 1.54) is 10.9 Å². The fourth-order valence-electron chi connectivity index (χ4n) is 5.11. The second kappa shape index (κ2) is 11.0. The molecule has 0 aliphatic heterocycles. The van der Waals surface area contributed by atoms with Gasteiger partial charge in [0, 0.05) is 44.3 Å². The molecule has 0 radical (unpaired) electrons. The quantitative estimate of drug-likeness (QED) is 0.184. The second-order valence-corrected chi connectivity index (χ2v) is 12.5. The average molecular weight is 736 g/mol. The number of phenolic OH excluding ortho intramolecular Hbond substituents is 1. The zero-order chi connectivity index (χ0) is 28.9. The minimum Gasteiger partial charge on any atom is -0.507 e. The van der Waals surface area contributed by atoms with Gasteiger partial charge in [0.05, 0.1) is 5.69 Å². The van der Waals surface area contributed by atoms with Crippen LogP contribution in [0, 0.1) is 6.07 Å². The van der Waals surface area contributed by atoms with Gasteiger partial charge in [0.15, 0.2) is 0 Å². The second-order valence-electron chi connectivity index (χ2n) is 12.5. The van der Waals surface area contributed by atoms with Crippen LogP contribution in [0.3, 0.4) is 0 Å². The van der Waals surface area contributed by atoms with Gasteiger partial charge in [-0.15, -0.1) is 5.39 Å². The molecule has 0 saturated carbocycles. The van der Waals surface area contributed by atoms with Crippen molar-refractivity contribution in [3.63, 3.8) is 0 Å². The van der Waals surface area contributed by atoms with E-state index < -0.39 is 0 Å². The van der Waals surface area contributed by atoms with Gasteiger partial charge >= 0.3 is 0 Å².